The van der Waals surface area contributed by atoms with Crippen LogP contribution in [0.2, 0.25) is 0 Å². The SMILES string of the molecule is COc1ccc(N2C(=O)NC(c3ccc(C)c(C)c3)C(c3nc(-c4ccccc4)no3)=C2C)cc1OC. The third kappa shape index (κ3) is 4.42. The summed E-state index contributed by atoms with van der Waals surface area (Å²) in [5.74, 6) is 1.90. The summed E-state index contributed by atoms with van der Waals surface area (Å²) in [7, 11) is 3.13. The predicted molar refractivity (Wildman–Crippen MR) is 142 cm³/mol. The van der Waals surface area contributed by atoms with E-state index in [2.05, 4.69) is 30.4 Å². The van der Waals surface area contributed by atoms with Gasteiger partial charge in [-0.05, 0) is 49.6 Å². The molecule has 5 rings (SSSR count). The van der Waals surface area contributed by atoms with Crippen molar-refractivity contribution in [3.63, 3.8) is 0 Å². The molecule has 1 aliphatic heterocycles. The number of methoxy groups -OCH3 is 2. The first-order valence-electron chi connectivity index (χ1n) is 11.9. The maximum absolute atomic E-state index is 13.5. The molecule has 2 heterocycles. The molecule has 0 bridgehead atoms. The Bertz CT molecular complexity index is 1490. The number of amides is 2. The summed E-state index contributed by atoms with van der Waals surface area (Å²) in [6.45, 7) is 5.99. The molecule has 188 valence electrons. The highest BCUT2D eigenvalue weighted by Crippen LogP contribution is 2.41. The second-order valence-corrected chi connectivity index (χ2v) is 8.89. The molecular weight excluding hydrogens is 468 g/mol. The van der Waals surface area contributed by atoms with Crippen molar-refractivity contribution < 1.29 is 18.8 Å². The quantitative estimate of drug-likeness (QED) is 0.348. The number of carbonyl (C=O) groups is 1. The summed E-state index contributed by atoms with van der Waals surface area (Å²) in [4.78, 5) is 19.9. The van der Waals surface area contributed by atoms with Crippen molar-refractivity contribution >= 4 is 17.3 Å². The van der Waals surface area contributed by atoms with Crippen LogP contribution in [0, 0.1) is 13.8 Å². The third-order valence-corrected chi connectivity index (χ3v) is 6.66. The van der Waals surface area contributed by atoms with Crippen LogP contribution in [0.5, 0.6) is 11.5 Å². The number of aryl methyl sites for hydroxylation is 2. The van der Waals surface area contributed by atoms with Crippen LogP contribution in [0.4, 0.5) is 10.5 Å². The average molecular weight is 497 g/mol. The van der Waals surface area contributed by atoms with Crippen LogP contribution in [0.25, 0.3) is 17.0 Å². The van der Waals surface area contributed by atoms with Gasteiger partial charge in [-0.2, -0.15) is 4.98 Å². The lowest BCUT2D eigenvalue weighted by molar-refractivity contribution is 0.244. The second-order valence-electron chi connectivity index (χ2n) is 8.89. The fraction of sp³-hybridized carbons (Fsp3) is 0.207. The number of ether oxygens (including phenoxy) is 2. The molecule has 0 aliphatic carbocycles. The molecule has 3 aromatic carbocycles. The van der Waals surface area contributed by atoms with E-state index in [-0.39, 0.29) is 6.03 Å². The Kier molecular flexibility index (Phi) is 6.40. The third-order valence-electron chi connectivity index (χ3n) is 6.66. The molecule has 0 fully saturated rings. The molecule has 1 unspecified atom stereocenters. The average Bonchev–Trinajstić information content (AvgIpc) is 3.40. The van der Waals surface area contributed by atoms with E-state index in [1.165, 1.54) is 5.56 Å². The van der Waals surface area contributed by atoms with Gasteiger partial charge in [-0.25, -0.2) is 4.79 Å². The number of allylic oxidation sites excluding steroid dienone is 1. The van der Waals surface area contributed by atoms with Crippen molar-refractivity contribution in [3.05, 3.63) is 95.0 Å². The van der Waals surface area contributed by atoms with Gasteiger partial charge in [0.2, 0.25) is 5.82 Å². The van der Waals surface area contributed by atoms with E-state index >= 15 is 0 Å². The number of carbonyl (C=O) groups excluding carboxylic acids is 1. The zero-order valence-electron chi connectivity index (χ0n) is 21.4. The first-order chi connectivity index (χ1) is 17.9. The fourth-order valence-electron chi connectivity index (χ4n) is 4.53. The molecule has 1 N–H and O–H groups in total. The summed E-state index contributed by atoms with van der Waals surface area (Å²) in [6.07, 6.45) is 0. The minimum atomic E-state index is -0.479. The summed E-state index contributed by atoms with van der Waals surface area (Å²) in [5.41, 5.74) is 6.07. The van der Waals surface area contributed by atoms with Gasteiger partial charge in [0.15, 0.2) is 11.5 Å². The normalized spacial score (nSPS) is 15.5. The van der Waals surface area contributed by atoms with Crippen molar-refractivity contribution in [2.24, 2.45) is 0 Å². The van der Waals surface area contributed by atoms with Gasteiger partial charge in [0.25, 0.3) is 5.89 Å². The van der Waals surface area contributed by atoms with Gasteiger partial charge in [0.05, 0.1) is 31.5 Å². The molecular formula is C29H28N4O4. The number of benzene rings is 3. The smallest absolute Gasteiger partial charge is 0.327 e. The Morgan fingerprint density at radius 3 is 2.35 bits per heavy atom. The Balaban J connectivity index is 1.67. The number of urea groups is 1. The van der Waals surface area contributed by atoms with Crippen molar-refractivity contribution in [2.75, 3.05) is 19.1 Å². The van der Waals surface area contributed by atoms with E-state index in [9.17, 15) is 4.79 Å². The molecule has 1 aliphatic rings. The highest BCUT2D eigenvalue weighted by atomic mass is 16.5. The number of hydrogen-bond donors (Lipinski definition) is 1. The molecule has 0 saturated heterocycles. The maximum Gasteiger partial charge on any atom is 0.327 e. The van der Waals surface area contributed by atoms with Gasteiger partial charge in [0, 0.05) is 17.3 Å². The summed E-state index contributed by atoms with van der Waals surface area (Å²) in [6, 6.07) is 20.4. The highest BCUT2D eigenvalue weighted by Gasteiger charge is 2.37. The first kappa shape index (κ1) is 24.1. The van der Waals surface area contributed by atoms with Crippen LogP contribution in [0.1, 0.15) is 35.5 Å². The number of hydrogen-bond acceptors (Lipinski definition) is 6. The van der Waals surface area contributed by atoms with Crippen LogP contribution in [0.3, 0.4) is 0 Å². The second kappa shape index (κ2) is 9.81. The van der Waals surface area contributed by atoms with Gasteiger partial charge < -0.3 is 19.3 Å². The number of nitrogens with zero attached hydrogens (tertiary/aromatic N) is 3. The van der Waals surface area contributed by atoms with E-state index in [1.807, 2.05) is 55.5 Å². The van der Waals surface area contributed by atoms with Crippen LogP contribution < -0.4 is 19.7 Å². The van der Waals surface area contributed by atoms with Crippen LogP contribution in [-0.2, 0) is 0 Å². The molecule has 1 atom stereocenters. The molecule has 0 saturated carbocycles. The zero-order chi connectivity index (χ0) is 26.1. The number of rotatable bonds is 6. The van der Waals surface area contributed by atoms with E-state index in [0.717, 1.165) is 16.7 Å². The molecule has 4 aromatic rings. The van der Waals surface area contributed by atoms with Crippen molar-refractivity contribution in [3.8, 4) is 22.9 Å². The Hall–Kier alpha value is -4.59. The van der Waals surface area contributed by atoms with E-state index in [1.54, 1.807) is 31.3 Å². The van der Waals surface area contributed by atoms with Crippen molar-refractivity contribution in [1.82, 2.24) is 15.5 Å². The Morgan fingerprint density at radius 2 is 1.65 bits per heavy atom. The largest absolute Gasteiger partial charge is 0.493 e. The number of aromatic nitrogens is 2. The monoisotopic (exact) mass is 496 g/mol. The fourth-order valence-corrected chi connectivity index (χ4v) is 4.53. The van der Waals surface area contributed by atoms with E-state index in [0.29, 0.717) is 40.2 Å². The summed E-state index contributed by atoms with van der Waals surface area (Å²) < 4.78 is 16.6. The molecule has 0 spiro atoms. The van der Waals surface area contributed by atoms with Gasteiger partial charge in [0.1, 0.15) is 0 Å². The van der Waals surface area contributed by atoms with Crippen molar-refractivity contribution in [1.29, 1.82) is 0 Å². The highest BCUT2D eigenvalue weighted by molar-refractivity contribution is 6.01. The Morgan fingerprint density at radius 1 is 0.892 bits per heavy atom. The topological polar surface area (TPSA) is 89.7 Å². The lowest BCUT2D eigenvalue weighted by Crippen LogP contribution is -2.46. The number of anilines is 1. The van der Waals surface area contributed by atoms with Crippen LogP contribution in [0.15, 0.2) is 77.0 Å². The lowest BCUT2D eigenvalue weighted by Gasteiger charge is -2.35. The predicted octanol–water partition coefficient (Wildman–Crippen LogP) is 6.07. The standard InChI is InChI=1S/C29H28N4O4/c1-17-11-12-21(15-18(17)2)26-25(28-31-27(32-37-28)20-9-7-6-8-10-20)19(3)33(29(34)30-26)22-13-14-23(35-4)24(16-22)36-5/h6-16,26H,1-5H3,(H,30,34). The summed E-state index contributed by atoms with van der Waals surface area (Å²) >= 11 is 0. The molecule has 8 heteroatoms. The maximum atomic E-state index is 13.5. The van der Waals surface area contributed by atoms with Gasteiger partial charge in [-0.15, -0.1) is 0 Å². The van der Waals surface area contributed by atoms with Gasteiger partial charge in [-0.1, -0.05) is 53.7 Å². The van der Waals surface area contributed by atoms with Gasteiger partial charge >= 0.3 is 6.03 Å². The van der Waals surface area contributed by atoms with Crippen molar-refractivity contribution in [2.45, 2.75) is 26.8 Å². The summed E-state index contributed by atoms with van der Waals surface area (Å²) in [5, 5.41) is 7.39. The Labute approximate surface area is 215 Å². The minimum Gasteiger partial charge on any atom is -0.493 e. The van der Waals surface area contributed by atoms with Gasteiger partial charge in [-0.3, -0.25) is 4.90 Å². The minimum absolute atomic E-state index is 0.278. The zero-order valence-corrected chi connectivity index (χ0v) is 21.4. The molecule has 1 aromatic heterocycles. The molecule has 37 heavy (non-hydrogen) atoms. The van der Waals surface area contributed by atoms with E-state index < -0.39 is 6.04 Å². The van der Waals surface area contributed by atoms with Crippen LogP contribution in [-0.4, -0.2) is 30.4 Å². The molecule has 8 nitrogen and oxygen atoms in total. The molecule has 2 amide bonds. The molecule has 0 radical (unpaired) electrons. The van der Waals surface area contributed by atoms with E-state index in [4.69, 9.17) is 19.0 Å². The number of nitrogens with one attached hydrogen (secondary N) is 1. The lowest BCUT2D eigenvalue weighted by atomic mass is 9.92. The first-order valence-corrected chi connectivity index (χ1v) is 11.9. The van der Waals surface area contributed by atoms with Crippen LogP contribution >= 0.6 is 0 Å².